The molecule has 0 aliphatic heterocycles. The van der Waals surface area contributed by atoms with Gasteiger partial charge in [-0.1, -0.05) is 0 Å². The average Bonchev–Trinajstić information content (AvgIpc) is 2.06. The topological polar surface area (TPSA) is 12.9 Å². The Morgan fingerprint density at radius 1 is 1.27 bits per heavy atom. The molecule has 1 rings (SSSR count). The molecular formula is C8H5F6N. The molecule has 1 heterocycles. The Kier molecular flexibility index (Phi) is 2.92. The lowest BCUT2D eigenvalue weighted by Gasteiger charge is -2.11. The van der Waals surface area contributed by atoms with Crippen molar-refractivity contribution in [3.05, 3.63) is 28.8 Å². The van der Waals surface area contributed by atoms with Gasteiger partial charge in [0.05, 0.1) is 5.56 Å². The summed E-state index contributed by atoms with van der Waals surface area (Å²) in [6.45, 7) is 1.08. The van der Waals surface area contributed by atoms with Crippen molar-refractivity contribution in [3.8, 4) is 0 Å². The highest BCUT2D eigenvalue weighted by Crippen LogP contribution is 2.33. The highest BCUT2D eigenvalue weighted by molar-refractivity contribution is 5.26. The van der Waals surface area contributed by atoms with Gasteiger partial charge < -0.3 is 0 Å². The molecule has 0 fully saturated rings. The van der Waals surface area contributed by atoms with Crippen LogP contribution < -0.4 is 0 Å². The Hall–Kier alpha value is -1.27. The monoisotopic (exact) mass is 229 g/mol. The van der Waals surface area contributed by atoms with Gasteiger partial charge in [-0.25, -0.2) is 18.2 Å². The highest BCUT2D eigenvalue weighted by atomic mass is 19.4. The zero-order valence-electron chi connectivity index (χ0n) is 7.37. The smallest absolute Gasteiger partial charge is 0.246 e. The summed E-state index contributed by atoms with van der Waals surface area (Å²) in [5.74, 6) is -2.01. The Labute approximate surface area is 80.7 Å². The van der Waals surface area contributed by atoms with Crippen LogP contribution >= 0.6 is 0 Å². The van der Waals surface area contributed by atoms with Crippen molar-refractivity contribution in [2.24, 2.45) is 0 Å². The van der Waals surface area contributed by atoms with Gasteiger partial charge in [-0.3, -0.25) is 0 Å². The predicted molar refractivity (Wildman–Crippen MR) is 38.9 cm³/mol. The molecule has 0 N–H and O–H groups in total. The summed E-state index contributed by atoms with van der Waals surface area (Å²) in [6.07, 6.45) is -8.37. The van der Waals surface area contributed by atoms with Crippen molar-refractivity contribution in [2.75, 3.05) is 0 Å². The van der Waals surface area contributed by atoms with E-state index in [-0.39, 0.29) is 5.69 Å². The molecule has 0 saturated heterocycles. The van der Waals surface area contributed by atoms with Crippen molar-refractivity contribution >= 4 is 0 Å². The van der Waals surface area contributed by atoms with Crippen molar-refractivity contribution in [1.29, 1.82) is 0 Å². The van der Waals surface area contributed by atoms with Gasteiger partial charge in [0.2, 0.25) is 0 Å². The first kappa shape index (κ1) is 11.8. The normalized spacial score (nSPS) is 12.3. The van der Waals surface area contributed by atoms with E-state index in [4.69, 9.17) is 0 Å². The molecule has 0 saturated carbocycles. The molecule has 0 unspecified atom stereocenters. The van der Waals surface area contributed by atoms with Crippen LogP contribution in [0, 0.1) is 12.7 Å². The third kappa shape index (κ3) is 2.40. The second kappa shape index (κ2) is 3.71. The molecule has 0 radical (unpaired) electrons. The van der Waals surface area contributed by atoms with Crippen molar-refractivity contribution < 1.29 is 26.3 Å². The fourth-order valence-corrected chi connectivity index (χ4v) is 1.03. The minimum atomic E-state index is -5.07. The lowest BCUT2D eigenvalue weighted by Crippen LogP contribution is -2.14. The van der Waals surface area contributed by atoms with Gasteiger partial charge in [-0.05, 0) is 13.0 Å². The predicted octanol–water partition coefficient (Wildman–Crippen LogP) is 3.49. The van der Waals surface area contributed by atoms with E-state index in [1.165, 1.54) is 0 Å². The molecule has 0 aromatic carbocycles. The number of aryl methyl sites for hydroxylation is 1. The third-order valence-corrected chi connectivity index (χ3v) is 1.62. The second-order valence-corrected chi connectivity index (χ2v) is 2.81. The van der Waals surface area contributed by atoms with E-state index in [0.29, 0.717) is 6.07 Å². The molecule has 1 aromatic rings. The van der Waals surface area contributed by atoms with E-state index in [0.717, 1.165) is 6.92 Å². The fraction of sp³-hybridized carbons (Fsp3) is 0.375. The SMILES string of the molecule is Cc1cc(C(F)F)c(F)c(C(F)(F)F)n1. The van der Waals surface area contributed by atoms with Crippen LogP contribution in [-0.2, 0) is 6.18 Å². The molecule has 7 heteroatoms. The van der Waals surface area contributed by atoms with Crippen LogP contribution in [0.5, 0.6) is 0 Å². The van der Waals surface area contributed by atoms with Gasteiger partial charge in [-0.15, -0.1) is 0 Å². The lowest BCUT2D eigenvalue weighted by molar-refractivity contribution is -0.144. The Morgan fingerprint density at radius 3 is 2.20 bits per heavy atom. The van der Waals surface area contributed by atoms with Crippen LogP contribution in [0.15, 0.2) is 6.07 Å². The Balaban J connectivity index is 3.42. The number of rotatable bonds is 1. The number of aromatic nitrogens is 1. The third-order valence-electron chi connectivity index (χ3n) is 1.62. The van der Waals surface area contributed by atoms with Crippen LogP contribution in [0.3, 0.4) is 0 Å². The summed E-state index contributed by atoms with van der Waals surface area (Å²) in [4.78, 5) is 2.85. The fourth-order valence-electron chi connectivity index (χ4n) is 1.03. The molecule has 0 aliphatic carbocycles. The van der Waals surface area contributed by atoms with E-state index >= 15 is 0 Å². The van der Waals surface area contributed by atoms with Gasteiger partial charge in [0, 0.05) is 5.69 Å². The quantitative estimate of drug-likeness (QED) is 0.671. The van der Waals surface area contributed by atoms with Crippen LogP contribution in [0.2, 0.25) is 0 Å². The molecule has 84 valence electrons. The zero-order chi connectivity index (χ0) is 11.8. The molecule has 0 atom stereocenters. The number of pyridine rings is 1. The van der Waals surface area contributed by atoms with E-state index in [1.54, 1.807) is 0 Å². The van der Waals surface area contributed by atoms with Crippen LogP contribution in [0.4, 0.5) is 26.3 Å². The maximum atomic E-state index is 12.9. The van der Waals surface area contributed by atoms with Crippen molar-refractivity contribution in [1.82, 2.24) is 4.98 Å². The summed E-state index contributed by atoms with van der Waals surface area (Å²) in [6, 6.07) is 0.592. The summed E-state index contributed by atoms with van der Waals surface area (Å²) in [5, 5.41) is 0. The van der Waals surface area contributed by atoms with E-state index < -0.39 is 29.7 Å². The van der Waals surface area contributed by atoms with Gasteiger partial charge in [0.1, 0.15) is 0 Å². The van der Waals surface area contributed by atoms with Gasteiger partial charge in [0.25, 0.3) is 6.43 Å². The number of hydrogen-bond acceptors (Lipinski definition) is 1. The van der Waals surface area contributed by atoms with Crippen LogP contribution in [-0.4, -0.2) is 4.98 Å². The van der Waals surface area contributed by atoms with Crippen LogP contribution in [0.25, 0.3) is 0 Å². The molecule has 0 aliphatic rings. The average molecular weight is 229 g/mol. The standard InChI is InChI=1S/C8H5F6N/c1-3-2-4(7(10)11)5(9)6(15-3)8(12,13)14/h2,7H,1H3. The summed E-state index contributed by atoms with van der Waals surface area (Å²) < 4.78 is 73.6. The molecule has 0 spiro atoms. The minimum Gasteiger partial charge on any atom is -0.246 e. The zero-order valence-corrected chi connectivity index (χ0v) is 7.37. The Bertz CT molecular complexity index is 370. The van der Waals surface area contributed by atoms with Crippen molar-refractivity contribution in [3.63, 3.8) is 0 Å². The molecule has 15 heavy (non-hydrogen) atoms. The molecule has 0 amide bonds. The van der Waals surface area contributed by atoms with Crippen LogP contribution in [0.1, 0.15) is 23.4 Å². The molecular weight excluding hydrogens is 224 g/mol. The minimum absolute atomic E-state index is 0.306. The van der Waals surface area contributed by atoms with Crippen molar-refractivity contribution in [2.45, 2.75) is 19.5 Å². The van der Waals surface area contributed by atoms with Gasteiger partial charge in [0.15, 0.2) is 11.5 Å². The molecule has 1 aromatic heterocycles. The maximum absolute atomic E-state index is 12.9. The molecule has 1 nitrogen and oxygen atoms in total. The second-order valence-electron chi connectivity index (χ2n) is 2.81. The summed E-state index contributed by atoms with van der Waals surface area (Å²) >= 11 is 0. The first-order chi connectivity index (χ1) is 6.73. The Morgan fingerprint density at radius 2 is 1.80 bits per heavy atom. The highest BCUT2D eigenvalue weighted by Gasteiger charge is 2.38. The maximum Gasteiger partial charge on any atom is 0.436 e. The lowest BCUT2D eigenvalue weighted by atomic mass is 10.2. The van der Waals surface area contributed by atoms with Gasteiger partial charge >= 0.3 is 6.18 Å². The first-order valence-electron chi connectivity index (χ1n) is 3.76. The van der Waals surface area contributed by atoms with E-state index in [9.17, 15) is 26.3 Å². The van der Waals surface area contributed by atoms with Gasteiger partial charge in [-0.2, -0.15) is 13.2 Å². The summed E-state index contributed by atoms with van der Waals surface area (Å²) in [5.41, 5.74) is -3.49. The summed E-state index contributed by atoms with van der Waals surface area (Å²) in [7, 11) is 0. The van der Waals surface area contributed by atoms with E-state index in [1.807, 2.05) is 0 Å². The number of hydrogen-bond donors (Lipinski definition) is 0. The van der Waals surface area contributed by atoms with E-state index in [2.05, 4.69) is 4.98 Å². The first-order valence-corrected chi connectivity index (χ1v) is 3.76. The number of alkyl halides is 5. The molecule has 0 bridgehead atoms. The largest absolute Gasteiger partial charge is 0.436 e. The number of halogens is 6. The number of nitrogens with zero attached hydrogens (tertiary/aromatic N) is 1.